The molecule has 0 aromatic carbocycles. The van der Waals surface area contributed by atoms with Crippen LogP contribution in [0.25, 0.3) is 0 Å². The molecule has 0 atom stereocenters. The molecule has 0 N–H and O–H groups in total. The zero-order valence-corrected chi connectivity index (χ0v) is 12.6. The van der Waals surface area contributed by atoms with E-state index in [-0.39, 0.29) is 0 Å². The summed E-state index contributed by atoms with van der Waals surface area (Å²) in [6.07, 6.45) is 9.39. The molecule has 0 aliphatic heterocycles. The minimum Gasteiger partial charge on any atom is -0.304 e. The van der Waals surface area contributed by atoms with Crippen LogP contribution < -0.4 is 0 Å². The lowest BCUT2D eigenvalue weighted by atomic mass is 10.0. The molecule has 0 spiro atoms. The van der Waals surface area contributed by atoms with Crippen LogP contribution in [0.2, 0.25) is 0 Å². The number of hydrogen-bond acceptors (Lipinski definition) is 2. The minimum atomic E-state index is 0.836. The first kappa shape index (κ1) is 14.9. The van der Waals surface area contributed by atoms with Crippen LogP contribution in [0.3, 0.4) is 0 Å². The third kappa shape index (κ3) is 5.33. The van der Waals surface area contributed by atoms with Crippen LogP contribution in [0.15, 0.2) is 4.99 Å². The van der Waals surface area contributed by atoms with Crippen LogP contribution in [-0.2, 0) is 0 Å². The molecule has 1 saturated carbocycles. The first-order chi connectivity index (χ1) is 8.31. The van der Waals surface area contributed by atoms with Gasteiger partial charge in [-0.25, -0.2) is 0 Å². The van der Waals surface area contributed by atoms with E-state index in [0.29, 0.717) is 0 Å². The summed E-state index contributed by atoms with van der Waals surface area (Å²) in [5.41, 5.74) is 0. The molecule has 0 bridgehead atoms. The van der Waals surface area contributed by atoms with E-state index in [4.69, 9.17) is 0 Å². The highest BCUT2D eigenvalue weighted by molar-refractivity contribution is 7.98. The third-order valence-corrected chi connectivity index (χ3v) is 4.71. The van der Waals surface area contributed by atoms with Gasteiger partial charge in [0.1, 0.15) is 5.84 Å². The summed E-state index contributed by atoms with van der Waals surface area (Å²) in [7, 11) is 0. The zero-order valence-electron chi connectivity index (χ0n) is 11.7. The molecule has 1 aliphatic carbocycles. The summed E-state index contributed by atoms with van der Waals surface area (Å²) in [5.74, 6) is 1.31. The van der Waals surface area contributed by atoms with Crippen molar-refractivity contribution in [3.8, 4) is 0 Å². The van der Waals surface area contributed by atoms with E-state index in [1.54, 1.807) is 0 Å². The normalized spacial score (nSPS) is 18.4. The summed E-state index contributed by atoms with van der Waals surface area (Å²) in [5, 5.41) is 0.836. The van der Waals surface area contributed by atoms with E-state index in [1.165, 1.54) is 44.4 Å². The van der Waals surface area contributed by atoms with E-state index in [1.807, 2.05) is 0 Å². The average Bonchev–Trinajstić information content (AvgIpc) is 2.37. The zero-order chi connectivity index (χ0) is 12.5. The third-order valence-electron chi connectivity index (χ3n) is 3.22. The smallest absolute Gasteiger partial charge is 0.109 e. The Morgan fingerprint density at radius 1 is 1.18 bits per heavy atom. The Balaban J connectivity index is 2.51. The maximum Gasteiger partial charge on any atom is 0.109 e. The number of aliphatic imine (C=N–C) groups is 1. The predicted octanol–water partition coefficient (Wildman–Crippen LogP) is 4.51. The Morgan fingerprint density at radius 3 is 2.41 bits per heavy atom. The first-order valence-electron chi connectivity index (χ1n) is 7.29. The second kappa shape index (κ2) is 8.84. The summed E-state index contributed by atoms with van der Waals surface area (Å²) in [6, 6.07) is 0. The van der Waals surface area contributed by atoms with Gasteiger partial charge in [0.25, 0.3) is 0 Å². The van der Waals surface area contributed by atoms with Crippen LogP contribution in [0.5, 0.6) is 0 Å². The molecule has 1 aliphatic rings. The lowest BCUT2D eigenvalue weighted by Gasteiger charge is -2.30. The van der Waals surface area contributed by atoms with Crippen molar-refractivity contribution in [1.82, 2.24) is 4.31 Å². The van der Waals surface area contributed by atoms with Gasteiger partial charge in [0, 0.05) is 24.8 Å². The van der Waals surface area contributed by atoms with Crippen LogP contribution in [0, 0.1) is 0 Å². The van der Waals surface area contributed by atoms with E-state index < -0.39 is 0 Å². The molecule has 3 heteroatoms. The molecule has 0 radical (unpaired) electrons. The summed E-state index contributed by atoms with van der Waals surface area (Å²) < 4.78 is 2.45. The highest BCUT2D eigenvalue weighted by Gasteiger charge is 2.19. The fraction of sp³-hybridized carbons (Fsp3) is 0.929. The topological polar surface area (TPSA) is 15.6 Å². The number of rotatable bonds is 6. The van der Waals surface area contributed by atoms with Crippen LogP contribution in [-0.4, -0.2) is 28.5 Å². The number of hydrogen-bond donors (Lipinski definition) is 0. The summed E-state index contributed by atoms with van der Waals surface area (Å²) in [4.78, 5) is 4.67. The second-order valence-corrected chi connectivity index (χ2v) is 6.02. The van der Waals surface area contributed by atoms with Gasteiger partial charge in [-0.3, -0.25) is 4.99 Å². The van der Waals surface area contributed by atoms with E-state index in [2.05, 4.69) is 42.0 Å². The van der Waals surface area contributed by atoms with Crippen molar-refractivity contribution in [2.24, 2.45) is 4.99 Å². The van der Waals surface area contributed by atoms with Crippen LogP contribution >= 0.6 is 11.9 Å². The lowest BCUT2D eigenvalue weighted by Crippen LogP contribution is -2.28. The van der Waals surface area contributed by atoms with Crippen molar-refractivity contribution < 1.29 is 0 Å². The average molecular weight is 256 g/mol. The SMILES string of the molecule is CCCC(=NCC)N(CC)SC1CCCCC1. The highest BCUT2D eigenvalue weighted by atomic mass is 32.2. The molecular formula is C14H28N2S. The Labute approximate surface area is 111 Å². The highest BCUT2D eigenvalue weighted by Crippen LogP contribution is 2.31. The molecule has 0 heterocycles. The molecule has 0 aromatic heterocycles. The van der Waals surface area contributed by atoms with Gasteiger partial charge < -0.3 is 4.31 Å². The maximum absolute atomic E-state index is 4.67. The van der Waals surface area contributed by atoms with Crippen molar-refractivity contribution in [2.45, 2.75) is 71.0 Å². The molecule has 1 rings (SSSR count). The van der Waals surface area contributed by atoms with Gasteiger partial charge >= 0.3 is 0 Å². The number of amidine groups is 1. The van der Waals surface area contributed by atoms with E-state index >= 15 is 0 Å². The van der Waals surface area contributed by atoms with Crippen LogP contribution in [0.4, 0.5) is 0 Å². The second-order valence-electron chi connectivity index (χ2n) is 4.70. The standard InChI is InChI=1S/C14H28N2S/c1-4-10-14(15-5-2)16(6-3)17-13-11-8-7-9-12-13/h13H,4-12H2,1-3H3. The fourth-order valence-corrected chi connectivity index (χ4v) is 3.68. The van der Waals surface area contributed by atoms with E-state index in [0.717, 1.165) is 24.8 Å². The largest absolute Gasteiger partial charge is 0.304 e. The number of nitrogens with zero attached hydrogens (tertiary/aromatic N) is 2. The van der Waals surface area contributed by atoms with Gasteiger partial charge in [-0.15, -0.1) is 0 Å². The molecule has 0 amide bonds. The van der Waals surface area contributed by atoms with Gasteiger partial charge in [-0.1, -0.05) is 26.2 Å². The molecular weight excluding hydrogens is 228 g/mol. The molecule has 17 heavy (non-hydrogen) atoms. The Morgan fingerprint density at radius 2 is 1.88 bits per heavy atom. The fourth-order valence-electron chi connectivity index (χ4n) is 2.36. The van der Waals surface area contributed by atoms with Crippen molar-refractivity contribution in [1.29, 1.82) is 0 Å². The molecule has 1 fully saturated rings. The summed E-state index contributed by atoms with van der Waals surface area (Å²) >= 11 is 2.06. The maximum atomic E-state index is 4.67. The Bertz CT molecular complexity index is 222. The predicted molar refractivity (Wildman–Crippen MR) is 79.7 cm³/mol. The van der Waals surface area contributed by atoms with Crippen molar-refractivity contribution in [3.05, 3.63) is 0 Å². The van der Waals surface area contributed by atoms with Gasteiger partial charge in [-0.05, 0) is 45.1 Å². The van der Waals surface area contributed by atoms with E-state index in [9.17, 15) is 0 Å². The first-order valence-corrected chi connectivity index (χ1v) is 8.13. The Hall–Kier alpha value is -0.180. The molecule has 2 nitrogen and oxygen atoms in total. The monoisotopic (exact) mass is 256 g/mol. The Kier molecular flexibility index (Phi) is 7.74. The molecule has 0 aromatic rings. The van der Waals surface area contributed by atoms with Crippen molar-refractivity contribution >= 4 is 17.8 Å². The van der Waals surface area contributed by atoms with Gasteiger partial charge in [0.2, 0.25) is 0 Å². The molecule has 0 saturated heterocycles. The van der Waals surface area contributed by atoms with Gasteiger partial charge in [-0.2, -0.15) is 0 Å². The summed E-state index contributed by atoms with van der Waals surface area (Å²) in [6.45, 7) is 8.62. The molecule has 100 valence electrons. The quantitative estimate of drug-likeness (QED) is 0.395. The molecule has 0 unspecified atom stereocenters. The van der Waals surface area contributed by atoms with Gasteiger partial charge in [0.05, 0.1) is 0 Å². The lowest BCUT2D eigenvalue weighted by molar-refractivity contribution is 0.508. The van der Waals surface area contributed by atoms with Gasteiger partial charge in [0.15, 0.2) is 0 Å². The minimum absolute atomic E-state index is 0.836. The van der Waals surface area contributed by atoms with Crippen LogP contribution in [0.1, 0.15) is 65.7 Å². The van der Waals surface area contributed by atoms with Crippen molar-refractivity contribution in [3.63, 3.8) is 0 Å². The van der Waals surface area contributed by atoms with Crippen molar-refractivity contribution in [2.75, 3.05) is 13.1 Å².